The highest BCUT2D eigenvalue weighted by Crippen LogP contribution is 2.10. The quantitative estimate of drug-likeness (QED) is 0.610. The molecule has 0 radical (unpaired) electrons. The van der Waals surface area contributed by atoms with Crippen LogP contribution in [-0.4, -0.2) is 35.5 Å². The predicted molar refractivity (Wildman–Crippen MR) is 99.3 cm³/mol. The molecule has 0 bridgehead atoms. The highest BCUT2D eigenvalue weighted by molar-refractivity contribution is 5.88. The number of benzene rings is 2. The molecule has 2 aromatic carbocycles. The average Bonchev–Trinajstić information content (AvgIpc) is 2.68. The van der Waals surface area contributed by atoms with E-state index in [0.717, 1.165) is 11.6 Å². The summed E-state index contributed by atoms with van der Waals surface area (Å²) < 4.78 is 18.8. The van der Waals surface area contributed by atoms with Crippen LogP contribution in [0, 0.1) is 5.82 Å². The van der Waals surface area contributed by atoms with Gasteiger partial charge in [-0.05, 0) is 30.7 Å². The number of carbonyl (C=O) groups is 3. The van der Waals surface area contributed by atoms with Gasteiger partial charge in [-0.25, -0.2) is 14.0 Å². The summed E-state index contributed by atoms with van der Waals surface area (Å²) in [5.74, 6) is -2.06. The molecule has 1 amide bonds. The molecule has 0 spiro atoms. The lowest BCUT2D eigenvalue weighted by molar-refractivity contribution is -0.119. The van der Waals surface area contributed by atoms with Gasteiger partial charge in [-0.15, -0.1) is 0 Å². The number of rotatable bonds is 9. The molecular formula is C20H21FN2O5. The van der Waals surface area contributed by atoms with Crippen LogP contribution < -0.4 is 10.6 Å². The number of carbonyl (C=O) groups excluding carboxylic acids is 2. The van der Waals surface area contributed by atoms with Crippen LogP contribution in [0.3, 0.4) is 0 Å². The lowest BCUT2D eigenvalue weighted by atomic mass is 10.1. The van der Waals surface area contributed by atoms with E-state index in [1.165, 1.54) is 19.1 Å². The Hall–Kier alpha value is -3.26. The second-order valence-electron chi connectivity index (χ2n) is 6.11. The minimum absolute atomic E-state index is 0.0239. The number of nitrogens with one attached hydrogen (secondary N) is 2. The van der Waals surface area contributed by atoms with E-state index in [4.69, 9.17) is 9.84 Å². The summed E-state index contributed by atoms with van der Waals surface area (Å²) in [6.45, 7) is 1.45. The first-order chi connectivity index (χ1) is 13.4. The first-order valence-corrected chi connectivity index (χ1v) is 8.59. The van der Waals surface area contributed by atoms with Gasteiger partial charge in [0.1, 0.15) is 12.4 Å². The molecule has 0 fully saturated rings. The van der Waals surface area contributed by atoms with Crippen molar-refractivity contribution in [1.29, 1.82) is 0 Å². The summed E-state index contributed by atoms with van der Waals surface area (Å²) in [5, 5.41) is 14.1. The van der Waals surface area contributed by atoms with E-state index < -0.39 is 23.9 Å². The molecule has 0 aliphatic carbocycles. The third-order valence-corrected chi connectivity index (χ3v) is 3.94. The number of amides is 1. The van der Waals surface area contributed by atoms with Crippen molar-refractivity contribution < 1.29 is 28.6 Å². The molecule has 0 aliphatic rings. The zero-order chi connectivity index (χ0) is 20.5. The largest absolute Gasteiger partial charge is 0.478 e. The van der Waals surface area contributed by atoms with Crippen LogP contribution in [0.25, 0.3) is 0 Å². The standard InChI is InChI=1S/C20H21FN2O5/c1-13(23-20(27)28-12-14-5-3-2-4-6-14)18(24)11-22-10-16-9-15(19(25)26)7-8-17(16)21/h2-9,13,22H,10-12H2,1H3,(H,23,27)(H,25,26)/t13-/m1/s1. The van der Waals surface area contributed by atoms with Crippen LogP contribution in [0.2, 0.25) is 0 Å². The fourth-order valence-electron chi connectivity index (χ4n) is 2.34. The Morgan fingerprint density at radius 1 is 1.14 bits per heavy atom. The Balaban J connectivity index is 1.75. The molecule has 8 heteroatoms. The van der Waals surface area contributed by atoms with Crippen LogP contribution in [0.5, 0.6) is 0 Å². The van der Waals surface area contributed by atoms with Crippen molar-refractivity contribution in [3.05, 3.63) is 71.0 Å². The van der Waals surface area contributed by atoms with Crippen molar-refractivity contribution in [1.82, 2.24) is 10.6 Å². The number of hydrogen-bond donors (Lipinski definition) is 3. The van der Waals surface area contributed by atoms with Crippen molar-refractivity contribution in [2.75, 3.05) is 6.54 Å². The summed E-state index contributed by atoms with van der Waals surface area (Å²) in [4.78, 5) is 34.8. The van der Waals surface area contributed by atoms with Crippen LogP contribution >= 0.6 is 0 Å². The van der Waals surface area contributed by atoms with Gasteiger partial charge in [0.2, 0.25) is 0 Å². The minimum atomic E-state index is -1.16. The molecule has 148 valence electrons. The van der Waals surface area contributed by atoms with Crippen molar-refractivity contribution in [3.8, 4) is 0 Å². The van der Waals surface area contributed by atoms with Crippen LogP contribution in [0.15, 0.2) is 48.5 Å². The van der Waals surface area contributed by atoms with Crippen molar-refractivity contribution in [2.45, 2.75) is 26.1 Å². The van der Waals surface area contributed by atoms with Gasteiger partial charge in [0.15, 0.2) is 5.78 Å². The number of hydrogen-bond acceptors (Lipinski definition) is 5. The molecular weight excluding hydrogens is 367 g/mol. The van der Waals surface area contributed by atoms with E-state index in [1.807, 2.05) is 30.3 Å². The number of carboxylic acids is 1. The topological polar surface area (TPSA) is 105 Å². The molecule has 28 heavy (non-hydrogen) atoms. The third-order valence-electron chi connectivity index (χ3n) is 3.94. The van der Waals surface area contributed by atoms with Gasteiger partial charge in [-0.2, -0.15) is 0 Å². The number of Topliss-reactive ketones (excluding diaryl/α,β-unsaturated/α-hetero) is 1. The Labute approximate surface area is 161 Å². The van der Waals surface area contributed by atoms with Gasteiger partial charge in [0, 0.05) is 12.1 Å². The molecule has 7 nitrogen and oxygen atoms in total. The molecule has 2 rings (SSSR count). The molecule has 0 aliphatic heterocycles. The Morgan fingerprint density at radius 3 is 2.54 bits per heavy atom. The monoisotopic (exact) mass is 388 g/mol. The fourth-order valence-corrected chi connectivity index (χ4v) is 2.34. The zero-order valence-corrected chi connectivity index (χ0v) is 15.3. The summed E-state index contributed by atoms with van der Waals surface area (Å²) in [6.07, 6.45) is -0.718. The summed E-state index contributed by atoms with van der Waals surface area (Å²) in [7, 11) is 0. The molecule has 2 aromatic rings. The van der Waals surface area contributed by atoms with E-state index in [9.17, 15) is 18.8 Å². The number of carboxylic acid groups (broad SMARTS) is 1. The van der Waals surface area contributed by atoms with Gasteiger partial charge in [-0.3, -0.25) is 4.79 Å². The van der Waals surface area contributed by atoms with Crippen LogP contribution in [0.1, 0.15) is 28.4 Å². The second kappa shape index (κ2) is 10.2. The first-order valence-electron chi connectivity index (χ1n) is 8.59. The highest BCUT2D eigenvalue weighted by Gasteiger charge is 2.16. The molecule has 0 saturated heterocycles. The Kier molecular flexibility index (Phi) is 7.65. The van der Waals surface area contributed by atoms with E-state index in [1.54, 1.807) is 0 Å². The molecule has 0 heterocycles. The Morgan fingerprint density at radius 2 is 1.86 bits per heavy atom. The van der Waals surface area contributed by atoms with Gasteiger partial charge < -0.3 is 20.5 Å². The number of aromatic carboxylic acids is 1. The number of halogens is 1. The van der Waals surface area contributed by atoms with Crippen molar-refractivity contribution >= 4 is 17.8 Å². The fraction of sp³-hybridized carbons (Fsp3) is 0.250. The van der Waals surface area contributed by atoms with Gasteiger partial charge in [0.25, 0.3) is 0 Å². The SMILES string of the molecule is C[C@@H](NC(=O)OCc1ccccc1)C(=O)CNCc1cc(C(=O)O)ccc1F. The van der Waals surface area contributed by atoms with Crippen LogP contribution in [-0.2, 0) is 22.7 Å². The maximum atomic E-state index is 13.7. The van der Waals surface area contributed by atoms with Crippen molar-refractivity contribution in [3.63, 3.8) is 0 Å². The summed E-state index contributed by atoms with van der Waals surface area (Å²) >= 11 is 0. The predicted octanol–water partition coefficient (Wildman–Crippen LogP) is 2.50. The number of ether oxygens (including phenoxy) is 1. The molecule has 0 saturated carbocycles. The maximum Gasteiger partial charge on any atom is 0.408 e. The molecule has 0 unspecified atom stereocenters. The summed E-state index contributed by atoms with van der Waals surface area (Å²) in [6, 6.07) is 11.8. The van der Waals surface area contributed by atoms with E-state index >= 15 is 0 Å². The van der Waals surface area contributed by atoms with E-state index in [0.29, 0.717) is 0 Å². The second-order valence-corrected chi connectivity index (χ2v) is 6.11. The van der Waals surface area contributed by atoms with Gasteiger partial charge in [0.05, 0.1) is 18.2 Å². The molecule has 3 N–H and O–H groups in total. The first kappa shape index (κ1) is 21.0. The minimum Gasteiger partial charge on any atom is -0.478 e. The van der Waals surface area contributed by atoms with Crippen LogP contribution in [0.4, 0.5) is 9.18 Å². The lowest BCUT2D eigenvalue weighted by Crippen LogP contribution is -2.42. The van der Waals surface area contributed by atoms with Gasteiger partial charge in [-0.1, -0.05) is 30.3 Å². The van der Waals surface area contributed by atoms with Crippen molar-refractivity contribution in [2.24, 2.45) is 0 Å². The Bertz CT molecular complexity index is 842. The average molecular weight is 388 g/mol. The maximum absolute atomic E-state index is 13.7. The lowest BCUT2D eigenvalue weighted by Gasteiger charge is -2.14. The summed E-state index contributed by atoms with van der Waals surface area (Å²) in [5.41, 5.74) is 0.917. The van der Waals surface area contributed by atoms with Gasteiger partial charge >= 0.3 is 12.1 Å². The highest BCUT2D eigenvalue weighted by atomic mass is 19.1. The number of alkyl carbamates (subject to hydrolysis) is 1. The zero-order valence-electron chi connectivity index (χ0n) is 15.3. The van der Waals surface area contributed by atoms with E-state index in [-0.39, 0.29) is 36.6 Å². The smallest absolute Gasteiger partial charge is 0.408 e. The van der Waals surface area contributed by atoms with E-state index in [2.05, 4.69) is 10.6 Å². The molecule has 1 atom stereocenters. The third kappa shape index (κ3) is 6.48. The number of ketones is 1. The normalized spacial score (nSPS) is 11.5. The molecule has 0 aromatic heterocycles.